The molecule has 16 heteroatoms. The van der Waals surface area contributed by atoms with E-state index in [-0.39, 0.29) is 59.1 Å². The van der Waals surface area contributed by atoms with Crippen LogP contribution in [0.4, 0.5) is 0 Å². The predicted molar refractivity (Wildman–Crippen MR) is 58.5 cm³/mol. The summed E-state index contributed by atoms with van der Waals surface area (Å²) < 4.78 is 26.2. The van der Waals surface area contributed by atoms with E-state index in [1.54, 1.807) is 0 Å². The average Bonchev–Trinajstić information content (AvgIpc) is 2.07. The van der Waals surface area contributed by atoms with Crippen LogP contribution in [0.1, 0.15) is 0 Å². The van der Waals surface area contributed by atoms with Gasteiger partial charge in [0.25, 0.3) is 0 Å². The number of hydrogen-bond acceptors (Lipinski definition) is 6. The molecule has 0 spiro atoms. The van der Waals surface area contributed by atoms with Gasteiger partial charge in [-0.25, -0.2) is 0 Å². The molecule has 0 saturated heterocycles. The van der Waals surface area contributed by atoms with Crippen molar-refractivity contribution < 1.29 is 75.4 Å². The molecule has 0 aromatic heterocycles. The predicted octanol–water partition coefficient (Wildman–Crippen LogP) is -1.42. The Hall–Kier alpha value is 4.30. The third-order valence-corrected chi connectivity index (χ3v) is 3.45. The van der Waals surface area contributed by atoms with Crippen LogP contribution < -0.4 is 0 Å². The van der Waals surface area contributed by atoms with Gasteiger partial charge in [0.1, 0.15) is 0 Å². The topological polar surface area (TPSA) is 134 Å². The van der Waals surface area contributed by atoms with Crippen LogP contribution in [-0.2, 0) is 55.9 Å². The summed E-state index contributed by atoms with van der Waals surface area (Å²) in [5.74, 6) is 0. The Labute approximate surface area is 170 Å². The molecule has 0 amide bonds. The minimum atomic E-state index is -4.14. The summed E-state index contributed by atoms with van der Waals surface area (Å²) >= 11 is 8.21. The van der Waals surface area contributed by atoms with Crippen molar-refractivity contribution in [3.05, 3.63) is 0 Å². The van der Waals surface area contributed by atoms with Gasteiger partial charge in [-0.2, -0.15) is 0 Å². The number of phosphoric acid groups is 2. The van der Waals surface area contributed by atoms with E-state index < -0.39 is 15.6 Å². The Morgan fingerprint density at radius 1 is 0.812 bits per heavy atom. The van der Waals surface area contributed by atoms with E-state index in [0.29, 0.717) is 0 Å². The Morgan fingerprint density at radius 3 is 0.875 bits per heavy atom. The first-order chi connectivity index (χ1) is 6.12. The summed E-state index contributed by atoms with van der Waals surface area (Å²) in [6.45, 7) is 0. The quantitative estimate of drug-likeness (QED) is 0.118. The molecule has 0 unspecified atom stereocenters. The minimum absolute atomic E-state index is 0. The van der Waals surface area contributed by atoms with Crippen LogP contribution >= 0.6 is 39.0 Å². The molecule has 4 N–H and O–H groups in total. The third-order valence-electron chi connectivity index (χ3n) is 0.194. The fraction of sp³-hybridized carbons (Fsp3) is 0. The zero-order valence-corrected chi connectivity index (χ0v) is 13.6. The second-order valence-corrected chi connectivity index (χ2v) is 5.59. The van der Waals surface area contributed by atoms with Gasteiger partial charge in [-0.15, -0.1) is 23.3 Å². The zero-order valence-electron chi connectivity index (χ0n) is 6.03. The SMILES string of the molecule is O=P(O)(O)[O][Mo].O=P(O)(O)[O][Mo].SS.[NaH].[NaH]. The molecule has 0 aliphatic carbocycles. The van der Waals surface area contributed by atoms with Gasteiger partial charge in [0.05, 0.1) is 0 Å². The van der Waals surface area contributed by atoms with Crippen molar-refractivity contribution in [1.82, 2.24) is 0 Å². The first-order valence-electron chi connectivity index (χ1n) is 2.06. The Balaban J connectivity index is -0.0000000393. The molecule has 0 bridgehead atoms. The van der Waals surface area contributed by atoms with Gasteiger partial charge in [0.15, 0.2) is 0 Å². The van der Waals surface area contributed by atoms with Crippen LogP contribution in [0, 0.1) is 0 Å². The van der Waals surface area contributed by atoms with E-state index in [4.69, 9.17) is 19.6 Å². The first kappa shape index (κ1) is 32.3. The van der Waals surface area contributed by atoms with E-state index in [1.165, 1.54) is 0 Å². The maximum atomic E-state index is 9.47. The van der Waals surface area contributed by atoms with Gasteiger partial charge in [-0.3, -0.25) is 0 Å². The second kappa shape index (κ2) is 19.3. The Kier molecular flexibility index (Phi) is 39.0. The van der Waals surface area contributed by atoms with Gasteiger partial charge in [-0.05, 0) is 0 Å². The van der Waals surface area contributed by atoms with Gasteiger partial charge in [-0.1, -0.05) is 0 Å². The van der Waals surface area contributed by atoms with Crippen molar-refractivity contribution >= 4 is 98.1 Å². The molecule has 0 aliphatic rings. The van der Waals surface area contributed by atoms with Crippen LogP contribution in [0.2, 0.25) is 0 Å². The van der Waals surface area contributed by atoms with E-state index in [2.05, 4.69) is 29.7 Å². The molecule has 16 heavy (non-hydrogen) atoms. The molecule has 0 aromatic carbocycles. The maximum absolute atomic E-state index is 9.47. The first-order valence-corrected chi connectivity index (χ1v) is 8.36. The average molecular weight is 500 g/mol. The van der Waals surface area contributed by atoms with Crippen molar-refractivity contribution in [2.75, 3.05) is 0 Å². The van der Waals surface area contributed by atoms with Crippen LogP contribution in [-0.4, -0.2) is 78.7 Å². The van der Waals surface area contributed by atoms with E-state index in [1.807, 2.05) is 0 Å². The van der Waals surface area contributed by atoms with Crippen LogP contribution in [0.5, 0.6) is 0 Å². The van der Waals surface area contributed by atoms with E-state index in [0.717, 1.165) is 40.4 Å². The summed E-state index contributed by atoms with van der Waals surface area (Å²) in [4.78, 5) is 30.9. The van der Waals surface area contributed by atoms with Crippen LogP contribution in [0.15, 0.2) is 0 Å². The molecular weight excluding hydrogens is 492 g/mol. The van der Waals surface area contributed by atoms with E-state index in [9.17, 15) is 9.13 Å². The molecule has 0 saturated carbocycles. The van der Waals surface area contributed by atoms with Gasteiger partial charge in [0.2, 0.25) is 0 Å². The second-order valence-electron chi connectivity index (χ2n) is 1.13. The van der Waals surface area contributed by atoms with Crippen molar-refractivity contribution in [2.24, 2.45) is 0 Å². The summed E-state index contributed by atoms with van der Waals surface area (Å²) in [5, 5.41) is 0. The number of rotatable bonds is 2. The molecule has 0 fully saturated rings. The zero-order chi connectivity index (χ0) is 12.4. The molecule has 92 valence electrons. The van der Waals surface area contributed by atoms with Crippen molar-refractivity contribution in [3.63, 3.8) is 0 Å². The summed E-state index contributed by atoms with van der Waals surface area (Å²) in [6.07, 6.45) is 0. The van der Waals surface area contributed by atoms with Crippen LogP contribution in [0.25, 0.3) is 0 Å². The monoisotopic (exact) mass is 504 g/mol. The van der Waals surface area contributed by atoms with Gasteiger partial charge >= 0.3 is 150 Å². The molecule has 0 rings (SSSR count). The third kappa shape index (κ3) is 51.6. The molecule has 0 heterocycles. The molecule has 0 aromatic rings. The van der Waals surface area contributed by atoms with Gasteiger partial charge < -0.3 is 0 Å². The van der Waals surface area contributed by atoms with Crippen molar-refractivity contribution in [3.8, 4) is 0 Å². The summed E-state index contributed by atoms with van der Waals surface area (Å²) in [6, 6.07) is 0. The van der Waals surface area contributed by atoms with Crippen molar-refractivity contribution in [2.45, 2.75) is 0 Å². The number of hydrogen-bond donors (Lipinski definition) is 6. The summed E-state index contributed by atoms with van der Waals surface area (Å²) in [5.41, 5.74) is 0. The molecule has 8 nitrogen and oxygen atoms in total. The van der Waals surface area contributed by atoms with Gasteiger partial charge in [0, 0.05) is 0 Å². The molecular formula is H8Mo2Na2O8P2S2. The fourth-order valence-electron chi connectivity index (χ4n) is 0. The standard InChI is InChI=1S/2Mo.2Na.2H3O4P.H2S2.2H/c;;;;2*1-5(2,3)4;1-2;;/h;;;;2*(H3,1,2,3,4);1-2H;;/q2*+1;;;;;;;/p-2. The molecule has 0 aliphatic heterocycles. The molecule has 0 radical (unpaired) electrons. The fourth-order valence-corrected chi connectivity index (χ4v) is 0. The Bertz CT molecular complexity index is 182. The summed E-state index contributed by atoms with van der Waals surface area (Å²) in [7, 11) is -8.28. The van der Waals surface area contributed by atoms with Crippen LogP contribution in [0.3, 0.4) is 0 Å². The van der Waals surface area contributed by atoms with Crippen molar-refractivity contribution in [1.29, 1.82) is 0 Å². The Morgan fingerprint density at radius 2 is 0.875 bits per heavy atom. The normalized spacial score (nSPS) is 9.12. The molecule has 0 atom stereocenters. The number of thiol groups is 2. The van der Waals surface area contributed by atoms with E-state index >= 15 is 0 Å².